The molecule has 0 radical (unpaired) electrons. The molecule has 0 aromatic heterocycles. The van der Waals surface area contributed by atoms with Crippen molar-refractivity contribution in [2.75, 3.05) is 20.1 Å². The third-order valence-electron chi connectivity index (χ3n) is 5.57. The highest BCUT2D eigenvalue weighted by atomic mass is 35.5. The minimum Gasteiger partial charge on any atom is -0.508 e. The fraction of sp³-hybridized carbons (Fsp3) is 0.556. The van der Waals surface area contributed by atoms with Gasteiger partial charge in [-0.05, 0) is 31.2 Å². The number of halogens is 2. The molecule has 2 amide bonds. The van der Waals surface area contributed by atoms with Crippen molar-refractivity contribution in [3.05, 3.63) is 27.7 Å². The maximum atomic E-state index is 12.7. The van der Waals surface area contributed by atoms with Gasteiger partial charge in [0.15, 0.2) is 0 Å². The van der Waals surface area contributed by atoms with Crippen LogP contribution >= 0.6 is 23.2 Å². The van der Waals surface area contributed by atoms with E-state index in [9.17, 15) is 14.7 Å². The maximum Gasteiger partial charge on any atom is 0.245 e. The van der Waals surface area contributed by atoms with Crippen LogP contribution in [0.15, 0.2) is 12.1 Å². The molecule has 2 atom stereocenters. The number of likely N-dealkylation sites (tertiary alicyclic amines) is 2. The van der Waals surface area contributed by atoms with E-state index in [1.54, 1.807) is 18.0 Å². The van der Waals surface area contributed by atoms with Gasteiger partial charge in [-0.2, -0.15) is 0 Å². The standard InChI is InChI=1S/C18H23Cl2N3O3/c1-22-14(2-3-16(22)25)18(26)23-6-4-10(5-7-23)17(21)11-8-12(19)13(20)9-15(11)24/h8-10,14,17,24H,2-7,21H2,1H3/t14-,17-/m1/s1. The van der Waals surface area contributed by atoms with Crippen LogP contribution in [0.1, 0.15) is 37.3 Å². The van der Waals surface area contributed by atoms with Gasteiger partial charge in [0, 0.05) is 44.2 Å². The molecule has 0 aliphatic carbocycles. The lowest BCUT2D eigenvalue weighted by Crippen LogP contribution is -2.48. The largest absolute Gasteiger partial charge is 0.508 e. The molecule has 0 unspecified atom stereocenters. The average molecular weight is 400 g/mol. The molecule has 2 aliphatic heterocycles. The maximum absolute atomic E-state index is 12.7. The third kappa shape index (κ3) is 3.63. The smallest absolute Gasteiger partial charge is 0.245 e. The van der Waals surface area contributed by atoms with Crippen LogP contribution in [0.2, 0.25) is 10.0 Å². The van der Waals surface area contributed by atoms with Crippen LogP contribution in [-0.4, -0.2) is 52.9 Å². The SMILES string of the molecule is CN1C(=O)CC[C@@H]1C(=O)N1CCC([C@@H](N)c2cc(Cl)c(Cl)cc2O)CC1. The second-order valence-electron chi connectivity index (χ2n) is 7.07. The Bertz CT molecular complexity index is 720. The fourth-order valence-electron chi connectivity index (χ4n) is 3.86. The molecule has 1 aromatic rings. The predicted octanol–water partition coefficient (Wildman–Crippen LogP) is 2.56. The number of nitrogens with zero attached hydrogens (tertiary/aromatic N) is 2. The van der Waals surface area contributed by atoms with E-state index < -0.39 is 0 Å². The molecule has 3 N–H and O–H groups in total. The lowest BCUT2D eigenvalue weighted by Gasteiger charge is -2.37. The molecule has 2 aliphatic rings. The first-order valence-electron chi connectivity index (χ1n) is 8.77. The number of amides is 2. The Morgan fingerprint density at radius 3 is 2.42 bits per heavy atom. The van der Waals surface area contributed by atoms with E-state index in [0.29, 0.717) is 36.5 Å². The van der Waals surface area contributed by atoms with Crippen molar-refractivity contribution in [3.8, 4) is 5.75 Å². The van der Waals surface area contributed by atoms with E-state index in [2.05, 4.69) is 0 Å². The van der Waals surface area contributed by atoms with Gasteiger partial charge in [-0.3, -0.25) is 9.59 Å². The van der Waals surface area contributed by atoms with E-state index in [-0.39, 0.29) is 40.6 Å². The summed E-state index contributed by atoms with van der Waals surface area (Å²) in [7, 11) is 1.69. The summed E-state index contributed by atoms with van der Waals surface area (Å²) in [6.07, 6.45) is 2.49. The van der Waals surface area contributed by atoms with Crippen molar-refractivity contribution in [1.82, 2.24) is 9.80 Å². The summed E-state index contributed by atoms with van der Waals surface area (Å²) in [6.45, 7) is 1.19. The van der Waals surface area contributed by atoms with Crippen molar-refractivity contribution in [1.29, 1.82) is 0 Å². The molecule has 1 aromatic carbocycles. The van der Waals surface area contributed by atoms with Crippen LogP contribution in [0.25, 0.3) is 0 Å². The summed E-state index contributed by atoms with van der Waals surface area (Å²) < 4.78 is 0. The Morgan fingerprint density at radius 2 is 1.85 bits per heavy atom. The number of rotatable bonds is 3. The third-order valence-corrected chi connectivity index (χ3v) is 6.29. The van der Waals surface area contributed by atoms with Gasteiger partial charge in [0.2, 0.25) is 11.8 Å². The minimum absolute atomic E-state index is 0.0164. The molecule has 3 rings (SSSR count). The number of carbonyl (C=O) groups is 2. The highest BCUT2D eigenvalue weighted by Crippen LogP contribution is 2.38. The fourth-order valence-corrected chi connectivity index (χ4v) is 4.19. The number of piperidine rings is 1. The van der Waals surface area contributed by atoms with Crippen molar-refractivity contribution in [2.24, 2.45) is 11.7 Å². The van der Waals surface area contributed by atoms with Crippen LogP contribution in [0.5, 0.6) is 5.75 Å². The highest BCUT2D eigenvalue weighted by molar-refractivity contribution is 6.42. The predicted molar refractivity (Wildman–Crippen MR) is 100 cm³/mol. The van der Waals surface area contributed by atoms with E-state index in [1.165, 1.54) is 6.07 Å². The zero-order chi connectivity index (χ0) is 19.0. The monoisotopic (exact) mass is 399 g/mol. The molecule has 6 nitrogen and oxygen atoms in total. The number of phenols is 1. The lowest BCUT2D eigenvalue weighted by atomic mass is 9.85. The Kier molecular flexibility index (Phi) is 5.65. The van der Waals surface area contributed by atoms with Crippen molar-refractivity contribution >= 4 is 35.0 Å². The minimum atomic E-state index is -0.377. The molecular formula is C18H23Cl2N3O3. The molecule has 0 saturated carbocycles. The number of hydrogen-bond acceptors (Lipinski definition) is 4. The van der Waals surface area contributed by atoms with Gasteiger partial charge in [-0.25, -0.2) is 0 Å². The topological polar surface area (TPSA) is 86.9 Å². The summed E-state index contributed by atoms with van der Waals surface area (Å²) in [4.78, 5) is 27.7. The number of likely N-dealkylation sites (N-methyl/N-ethyl adjacent to an activating group) is 1. The highest BCUT2D eigenvalue weighted by Gasteiger charge is 2.37. The van der Waals surface area contributed by atoms with Crippen LogP contribution in [0.4, 0.5) is 0 Å². The Morgan fingerprint density at radius 1 is 1.23 bits per heavy atom. The van der Waals surface area contributed by atoms with E-state index in [4.69, 9.17) is 28.9 Å². The van der Waals surface area contributed by atoms with Crippen LogP contribution < -0.4 is 5.73 Å². The van der Waals surface area contributed by atoms with Gasteiger partial charge in [0.1, 0.15) is 11.8 Å². The summed E-state index contributed by atoms with van der Waals surface area (Å²) in [5, 5.41) is 10.8. The Balaban J connectivity index is 1.62. The Hall–Kier alpha value is -1.50. The summed E-state index contributed by atoms with van der Waals surface area (Å²) in [5.74, 6) is 0.208. The second-order valence-corrected chi connectivity index (χ2v) is 7.89. The number of benzene rings is 1. The molecule has 8 heteroatoms. The summed E-state index contributed by atoms with van der Waals surface area (Å²) in [5.41, 5.74) is 6.93. The molecule has 26 heavy (non-hydrogen) atoms. The quantitative estimate of drug-likeness (QED) is 0.817. The van der Waals surface area contributed by atoms with Gasteiger partial charge < -0.3 is 20.6 Å². The molecule has 0 bridgehead atoms. The van der Waals surface area contributed by atoms with Gasteiger partial charge in [-0.1, -0.05) is 23.2 Å². The normalized spacial score (nSPS) is 22.8. The number of carbonyl (C=O) groups excluding carboxylic acids is 2. The van der Waals surface area contributed by atoms with Crippen molar-refractivity contribution in [2.45, 2.75) is 37.8 Å². The molecule has 2 fully saturated rings. The van der Waals surface area contributed by atoms with Crippen molar-refractivity contribution in [3.63, 3.8) is 0 Å². The molecule has 2 heterocycles. The second kappa shape index (κ2) is 7.62. The average Bonchev–Trinajstić information content (AvgIpc) is 2.96. The van der Waals surface area contributed by atoms with Crippen molar-refractivity contribution < 1.29 is 14.7 Å². The van der Waals surface area contributed by atoms with Crippen LogP contribution in [0, 0.1) is 5.92 Å². The van der Waals surface area contributed by atoms with E-state index in [0.717, 1.165) is 12.8 Å². The lowest BCUT2D eigenvalue weighted by molar-refractivity contribution is -0.141. The molecule has 2 saturated heterocycles. The first-order valence-corrected chi connectivity index (χ1v) is 9.53. The van der Waals surface area contributed by atoms with Gasteiger partial charge in [0.05, 0.1) is 10.0 Å². The Labute approximate surface area is 162 Å². The van der Waals surface area contributed by atoms with Gasteiger partial charge in [-0.15, -0.1) is 0 Å². The molecule has 0 spiro atoms. The van der Waals surface area contributed by atoms with E-state index in [1.807, 2.05) is 4.90 Å². The first kappa shape index (κ1) is 19.3. The summed E-state index contributed by atoms with van der Waals surface area (Å²) in [6, 6.07) is 2.30. The zero-order valence-electron chi connectivity index (χ0n) is 14.6. The van der Waals surface area contributed by atoms with E-state index >= 15 is 0 Å². The summed E-state index contributed by atoms with van der Waals surface area (Å²) >= 11 is 12.0. The number of phenolic OH excluding ortho intramolecular Hbond substituents is 1. The van der Waals surface area contributed by atoms with Gasteiger partial charge in [0.25, 0.3) is 0 Å². The zero-order valence-corrected chi connectivity index (χ0v) is 16.1. The van der Waals surface area contributed by atoms with Crippen LogP contribution in [-0.2, 0) is 9.59 Å². The molecule has 142 valence electrons. The number of hydrogen-bond donors (Lipinski definition) is 2. The molecular weight excluding hydrogens is 377 g/mol. The van der Waals surface area contributed by atoms with Gasteiger partial charge >= 0.3 is 0 Å². The number of aromatic hydroxyl groups is 1. The number of nitrogens with two attached hydrogens (primary N) is 1. The van der Waals surface area contributed by atoms with Crippen LogP contribution in [0.3, 0.4) is 0 Å². The first-order chi connectivity index (χ1) is 12.3.